The summed E-state index contributed by atoms with van der Waals surface area (Å²) in [5.41, 5.74) is 5.37. The minimum atomic E-state index is -4.39. The largest absolute Gasteiger partial charge is 0.472 e. The van der Waals surface area contributed by atoms with Gasteiger partial charge in [0.1, 0.15) is 6.61 Å². The molecule has 0 amide bonds. The smallest absolute Gasteiger partial charge is 0.462 e. The first-order chi connectivity index (χ1) is 35.3. The highest BCUT2D eigenvalue weighted by Gasteiger charge is 2.26. The average molecular weight is 1030 g/mol. The van der Waals surface area contributed by atoms with Gasteiger partial charge in [0.2, 0.25) is 0 Å². The molecule has 0 aliphatic heterocycles. The van der Waals surface area contributed by atoms with Crippen LogP contribution in [0.25, 0.3) is 0 Å². The maximum atomic E-state index is 12.7. The van der Waals surface area contributed by atoms with E-state index in [9.17, 15) is 19.0 Å². The number of phosphoric ester groups is 1. The Morgan fingerprint density at radius 3 is 1.15 bits per heavy atom. The van der Waals surface area contributed by atoms with Crippen molar-refractivity contribution in [2.45, 2.75) is 258 Å². The third-order valence-corrected chi connectivity index (χ3v) is 13.2. The summed E-state index contributed by atoms with van der Waals surface area (Å²) in [6.07, 6.45) is 76.3. The lowest BCUT2D eigenvalue weighted by Gasteiger charge is -2.19. The van der Waals surface area contributed by atoms with Crippen LogP contribution in [0.15, 0.2) is 97.2 Å². The highest BCUT2D eigenvalue weighted by Crippen LogP contribution is 2.43. The highest BCUT2D eigenvalue weighted by molar-refractivity contribution is 7.47. The van der Waals surface area contributed by atoms with Gasteiger partial charge >= 0.3 is 19.8 Å². The van der Waals surface area contributed by atoms with E-state index in [0.29, 0.717) is 6.42 Å². The fourth-order valence-corrected chi connectivity index (χ4v) is 8.67. The molecule has 0 saturated heterocycles. The zero-order chi connectivity index (χ0) is 52.4. The van der Waals surface area contributed by atoms with Crippen molar-refractivity contribution >= 4 is 19.8 Å². The van der Waals surface area contributed by atoms with Gasteiger partial charge in [-0.3, -0.25) is 18.6 Å². The third-order valence-electron chi connectivity index (χ3n) is 12.2. The monoisotopic (exact) mass is 1030 g/mol. The van der Waals surface area contributed by atoms with Crippen LogP contribution in [-0.4, -0.2) is 49.3 Å². The molecular weight excluding hydrogens is 918 g/mol. The Hall–Kier alpha value is -3.07. The summed E-state index contributed by atoms with van der Waals surface area (Å²) >= 11 is 0. The summed E-state index contributed by atoms with van der Waals surface area (Å²) in [6.45, 7) is 3.59. The van der Waals surface area contributed by atoms with Crippen LogP contribution in [-0.2, 0) is 32.7 Å². The van der Waals surface area contributed by atoms with Gasteiger partial charge in [-0.2, -0.15) is 0 Å². The number of carbonyl (C=O) groups excluding carboxylic acids is 2. The summed E-state index contributed by atoms with van der Waals surface area (Å²) in [5, 5.41) is 0. The van der Waals surface area contributed by atoms with Crippen LogP contribution in [0, 0.1) is 0 Å². The molecular formula is C62H108NO8P. The predicted molar refractivity (Wildman–Crippen MR) is 307 cm³/mol. The zero-order valence-corrected chi connectivity index (χ0v) is 47.0. The Labute approximate surface area is 442 Å². The zero-order valence-electron chi connectivity index (χ0n) is 46.1. The van der Waals surface area contributed by atoms with Gasteiger partial charge in [0.15, 0.2) is 6.10 Å². The van der Waals surface area contributed by atoms with E-state index in [0.717, 1.165) is 103 Å². The minimum absolute atomic E-state index is 0.0504. The molecule has 0 aliphatic carbocycles. The summed E-state index contributed by atoms with van der Waals surface area (Å²) in [5.74, 6) is -0.837. The van der Waals surface area contributed by atoms with Gasteiger partial charge in [0, 0.05) is 19.4 Å². The minimum Gasteiger partial charge on any atom is -0.462 e. The Balaban J connectivity index is 3.84. The number of nitrogens with two attached hydrogens (primary N) is 1. The molecule has 0 aliphatic rings. The topological polar surface area (TPSA) is 134 Å². The highest BCUT2D eigenvalue weighted by atomic mass is 31.2. The molecule has 0 heterocycles. The number of allylic oxidation sites excluding steroid dienone is 16. The Kier molecular flexibility index (Phi) is 54.8. The Morgan fingerprint density at radius 1 is 0.431 bits per heavy atom. The fraction of sp³-hybridized carbons (Fsp3) is 0.710. The lowest BCUT2D eigenvalue weighted by Crippen LogP contribution is -2.29. The molecule has 0 aromatic heterocycles. The molecule has 2 unspecified atom stereocenters. The summed E-state index contributed by atoms with van der Waals surface area (Å²) in [6, 6.07) is 0. The van der Waals surface area contributed by atoms with Gasteiger partial charge in [0.05, 0.1) is 13.2 Å². The van der Waals surface area contributed by atoms with Crippen LogP contribution < -0.4 is 5.73 Å². The summed E-state index contributed by atoms with van der Waals surface area (Å²) in [7, 11) is -4.39. The molecule has 0 aromatic carbocycles. The van der Waals surface area contributed by atoms with Crippen LogP contribution in [0.3, 0.4) is 0 Å². The molecule has 414 valence electrons. The van der Waals surface area contributed by atoms with E-state index in [2.05, 4.69) is 111 Å². The van der Waals surface area contributed by atoms with Crippen molar-refractivity contribution in [1.82, 2.24) is 0 Å². The van der Waals surface area contributed by atoms with E-state index in [1.165, 1.54) is 116 Å². The van der Waals surface area contributed by atoms with Crippen molar-refractivity contribution in [3.63, 3.8) is 0 Å². The van der Waals surface area contributed by atoms with Gasteiger partial charge in [-0.25, -0.2) is 4.57 Å². The number of hydrogen-bond donors (Lipinski definition) is 2. The van der Waals surface area contributed by atoms with Crippen molar-refractivity contribution in [3.05, 3.63) is 97.2 Å². The third kappa shape index (κ3) is 56.2. The van der Waals surface area contributed by atoms with E-state index in [1.807, 2.05) is 0 Å². The lowest BCUT2D eigenvalue weighted by molar-refractivity contribution is -0.161. The maximum absolute atomic E-state index is 12.7. The average Bonchev–Trinajstić information content (AvgIpc) is 3.37. The molecule has 0 rings (SSSR count). The SMILES string of the molecule is CC/C=C\C/C=C\C/C=C\C/C=C\C/C=C\C/C=C\C/C=C\CCCCCCCCCCCCCCCCCCCC(=O)OC(COC(=O)CCCCCCC/C=C\CCCCC)COP(=O)(O)OCCN. The maximum Gasteiger partial charge on any atom is 0.472 e. The molecule has 0 aromatic rings. The van der Waals surface area contributed by atoms with Crippen molar-refractivity contribution < 1.29 is 37.6 Å². The Morgan fingerprint density at radius 2 is 0.764 bits per heavy atom. The summed E-state index contributed by atoms with van der Waals surface area (Å²) < 4.78 is 32.9. The molecule has 0 bridgehead atoms. The van der Waals surface area contributed by atoms with E-state index in [-0.39, 0.29) is 32.6 Å². The molecule has 10 heteroatoms. The normalized spacial score (nSPS) is 13.8. The van der Waals surface area contributed by atoms with Crippen molar-refractivity contribution in [3.8, 4) is 0 Å². The lowest BCUT2D eigenvalue weighted by atomic mass is 10.0. The number of esters is 2. The molecule has 0 saturated carbocycles. The second-order valence-electron chi connectivity index (χ2n) is 19.1. The number of carbonyl (C=O) groups is 2. The van der Waals surface area contributed by atoms with Crippen LogP contribution in [0.4, 0.5) is 0 Å². The number of phosphoric acid groups is 1. The van der Waals surface area contributed by atoms with Crippen molar-refractivity contribution in [2.24, 2.45) is 5.73 Å². The van der Waals surface area contributed by atoms with E-state index in [4.69, 9.17) is 24.3 Å². The second kappa shape index (κ2) is 57.2. The molecule has 72 heavy (non-hydrogen) atoms. The standard InChI is InChI=1S/C62H108NO8P/c1-3-5-7-9-11-13-15-17-18-19-20-21-22-23-24-25-26-27-28-29-30-31-32-33-34-35-36-37-38-39-40-41-42-43-45-47-49-51-53-55-62(65)71-60(59-70-72(66,67)69-57-56-63)58-68-61(64)54-52-50-48-46-44-16-14-12-10-8-6-4-2/h5,7,11-14,17-18,20-21,23-24,26-27,29-30,60H,3-4,6,8-10,15-16,19,22,25,28,31-59,63H2,1-2H3,(H,66,67)/b7-5-,13-11-,14-12-,18-17-,21-20-,24-23-,27-26-,30-29-. The second-order valence-corrected chi connectivity index (χ2v) is 20.6. The molecule has 0 radical (unpaired) electrons. The van der Waals surface area contributed by atoms with Crippen LogP contribution in [0.5, 0.6) is 0 Å². The summed E-state index contributed by atoms with van der Waals surface area (Å²) in [4.78, 5) is 35.0. The first kappa shape index (κ1) is 68.9. The van der Waals surface area contributed by atoms with Gasteiger partial charge < -0.3 is 20.1 Å². The van der Waals surface area contributed by atoms with Crippen LogP contribution in [0.1, 0.15) is 251 Å². The van der Waals surface area contributed by atoms with Crippen LogP contribution >= 0.6 is 7.82 Å². The Bertz CT molecular complexity index is 1500. The van der Waals surface area contributed by atoms with Crippen molar-refractivity contribution in [2.75, 3.05) is 26.4 Å². The molecule has 2 atom stereocenters. The molecule has 0 spiro atoms. The quantitative estimate of drug-likeness (QED) is 0.0264. The number of rotatable bonds is 54. The van der Waals surface area contributed by atoms with Gasteiger partial charge in [-0.15, -0.1) is 0 Å². The number of ether oxygens (including phenoxy) is 2. The fourth-order valence-electron chi connectivity index (χ4n) is 7.91. The number of hydrogen-bond acceptors (Lipinski definition) is 8. The predicted octanol–water partition coefficient (Wildman–Crippen LogP) is 18.5. The van der Waals surface area contributed by atoms with Crippen molar-refractivity contribution in [1.29, 1.82) is 0 Å². The van der Waals surface area contributed by atoms with E-state index >= 15 is 0 Å². The number of unbranched alkanes of at least 4 members (excludes halogenated alkanes) is 25. The van der Waals surface area contributed by atoms with Gasteiger partial charge in [-0.1, -0.05) is 239 Å². The van der Waals surface area contributed by atoms with E-state index in [1.54, 1.807) is 0 Å². The molecule has 3 N–H and O–H groups in total. The molecule has 0 fully saturated rings. The van der Waals surface area contributed by atoms with Crippen LogP contribution in [0.2, 0.25) is 0 Å². The first-order valence-electron chi connectivity index (χ1n) is 29.2. The molecule has 9 nitrogen and oxygen atoms in total. The van der Waals surface area contributed by atoms with Gasteiger partial charge in [-0.05, 0) is 96.3 Å². The van der Waals surface area contributed by atoms with E-state index < -0.39 is 32.5 Å². The first-order valence-corrected chi connectivity index (χ1v) is 30.7. The van der Waals surface area contributed by atoms with Gasteiger partial charge in [0.25, 0.3) is 0 Å².